The lowest BCUT2D eigenvalue weighted by Gasteiger charge is -2.24. The SMILES string of the molecule is CCC(C)(C)NCCn1ncc2ccccc21. The van der Waals surface area contributed by atoms with Crippen molar-refractivity contribution >= 4 is 10.9 Å². The second kappa shape index (κ2) is 4.88. The Kier molecular flexibility index (Phi) is 3.48. The average molecular weight is 231 g/mol. The highest BCUT2D eigenvalue weighted by molar-refractivity contribution is 5.78. The number of hydrogen-bond acceptors (Lipinski definition) is 2. The van der Waals surface area contributed by atoms with Gasteiger partial charge in [-0.1, -0.05) is 25.1 Å². The van der Waals surface area contributed by atoms with Crippen molar-refractivity contribution in [1.82, 2.24) is 15.1 Å². The summed E-state index contributed by atoms with van der Waals surface area (Å²) in [5.74, 6) is 0. The van der Waals surface area contributed by atoms with Crippen LogP contribution in [0, 0.1) is 0 Å². The van der Waals surface area contributed by atoms with E-state index in [0.29, 0.717) is 0 Å². The van der Waals surface area contributed by atoms with Gasteiger partial charge < -0.3 is 5.32 Å². The molecule has 92 valence electrons. The molecule has 0 aliphatic carbocycles. The molecule has 0 unspecified atom stereocenters. The van der Waals surface area contributed by atoms with Gasteiger partial charge in [-0.2, -0.15) is 5.10 Å². The summed E-state index contributed by atoms with van der Waals surface area (Å²) in [6, 6.07) is 8.33. The van der Waals surface area contributed by atoms with Crippen molar-refractivity contribution in [2.24, 2.45) is 0 Å². The molecule has 17 heavy (non-hydrogen) atoms. The van der Waals surface area contributed by atoms with Crippen LogP contribution in [0.2, 0.25) is 0 Å². The maximum atomic E-state index is 4.42. The van der Waals surface area contributed by atoms with Gasteiger partial charge in [-0.05, 0) is 26.3 Å². The van der Waals surface area contributed by atoms with E-state index < -0.39 is 0 Å². The summed E-state index contributed by atoms with van der Waals surface area (Å²) in [5, 5.41) is 9.18. The van der Waals surface area contributed by atoms with Crippen molar-refractivity contribution in [1.29, 1.82) is 0 Å². The van der Waals surface area contributed by atoms with Crippen LogP contribution < -0.4 is 5.32 Å². The Morgan fingerprint density at radius 1 is 1.29 bits per heavy atom. The van der Waals surface area contributed by atoms with Gasteiger partial charge in [0.05, 0.1) is 18.3 Å². The molecular formula is C14H21N3. The monoisotopic (exact) mass is 231 g/mol. The lowest BCUT2D eigenvalue weighted by Crippen LogP contribution is -2.40. The maximum Gasteiger partial charge on any atom is 0.0682 e. The third-order valence-corrected chi connectivity index (χ3v) is 3.36. The summed E-state index contributed by atoms with van der Waals surface area (Å²) < 4.78 is 2.06. The van der Waals surface area contributed by atoms with Crippen molar-refractivity contribution in [2.45, 2.75) is 39.3 Å². The zero-order chi connectivity index (χ0) is 12.3. The molecule has 3 heteroatoms. The van der Waals surface area contributed by atoms with Gasteiger partial charge in [0.25, 0.3) is 0 Å². The molecule has 0 spiro atoms. The molecule has 0 bridgehead atoms. The first-order valence-electron chi connectivity index (χ1n) is 6.28. The minimum absolute atomic E-state index is 0.211. The molecular weight excluding hydrogens is 210 g/mol. The van der Waals surface area contributed by atoms with Crippen LogP contribution in [0.5, 0.6) is 0 Å². The Bertz CT molecular complexity index is 485. The Labute approximate surface area is 103 Å². The summed E-state index contributed by atoms with van der Waals surface area (Å²) >= 11 is 0. The van der Waals surface area contributed by atoms with Crippen LogP contribution in [-0.4, -0.2) is 21.9 Å². The van der Waals surface area contributed by atoms with Gasteiger partial charge in [0, 0.05) is 17.5 Å². The smallest absolute Gasteiger partial charge is 0.0682 e. The predicted octanol–water partition coefficient (Wildman–Crippen LogP) is 2.81. The molecule has 2 rings (SSSR count). The molecule has 1 heterocycles. The zero-order valence-electron chi connectivity index (χ0n) is 10.9. The highest BCUT2D eigenvalue weighted by Crippen LogP contribution is 2.12. The number of fused-ring (bicyclic) bond motifs is 1. The molecule has 0 saturated heterocycles. The highest BCUT2D eigenvalue weighted by atomic mass is 15.3. The van der Waals surface area contributed by atoms with E-state index in [-0.39, 0.29) is 5.54 Å². The van der Waals surface area contributed by atoms with Gasteiger partial charge in [-0.25, -0.2) is 0 Å². The summed E-state index contributed by atoms with van der Waals surface area (Å²) in [4.78, 5) is 0. The van der Waals surface area contributed by atoms with Crippen LogP contribution in [0.4, 0.5) is 0 Å². The first kappa shape index (κ1) is 12.1. The molecule has 1 aromatic carbocycles. The molecule has 1 aromatic heterocycles. The third-order valence-electron chi connectivity index (χ3n) is 3.36. The van der Waals surface area contributed by atoms with E-state index in [1.54, 1.807) is 0 Å². The fourth-order valence-corrected chi connectivity index (χ4v) is 1.83. The van der Waals surface area contributed by atoms with Gasteiger partial charge in [0.1, 0.15) is 0 Å². The highest BCUT2D eigenvalue weighted by Gasteiger charge is 2.13. The van der Waals surface area contributed by atoms with E-state index in [9.17, 15) is 0 Å². The second-order valence-corrected chi connectivity index (χ2v) is 5.09. The molecule has 0 amide bonds. The number of rotatable bonds is 5. The van der Waals surface area contributed by atoms with Crippen LogP contribution in [0.1, 0.15) is 27.2 Å². The number of benzene rings is 1. The van der Waals surface area contributed by atoms with Crippen LogP contribution in [0.15, 0.2) is 30.5 Å². The number of aromatic nitrogens is 2. The predicted molar refractivity (Wildman–Crippen MR) is 72.1 cm³/mol. The average Bonchev–Trinajstić information content (AvgIpc) is 2.73. The summed E-state index contributed by atoms with van der Waals surface area (Å²) in [6.45, 7) is 8.53. The van der Waals surface area contributed by atoms with Crippen molar-refractivity contribution in [3.8, 4) is 0 Å². The first-order valence-corrected chi connectivity index (χ1v) is 6.28. The fraction of sp³-hybridized carbons (Fsp3) is 0.500. The Hall–Kier alpha value is -1.35. The van der Waals surface area contributed by atoms with Gasteiger partial charge in [-0.3, -0.25) is 4.68 Å². The van der Waals surface area contributed by atoms with Gasteiger partial charge >= 0.3 is 0 Å². The van der Waals surface area contributed by atoms with Crippen LogP contribution in [-0.2, 0) is 6.54 Å². The minimum atomic E-state index is 0.211. The quantitative estimate of drug-likeness (QED) is 0.857. The van der Waals surface area contributed by atoms with Crippen molar-refractivity contribution in [2.75, 3.05) is 6.54 Å². The zero-order valence-corrected chi connectivity index (χ0v) is 10.9. The van der Waals surface area contributed by atoms with Gasteiger partial charge in [0.15, 0.2) is 0 Å². The molecule has 3 nitrogen and oxygen atoms in total. The normalized spacial score (nSPS) is 12.2. The van der Waals surface area contributed by atoms with Gasteiger partial charge in [-0.15, -0.1) is 0 Å². The Morgan fingerprint density at radius 3 is 2.82 bits per heavy atom. The molecule has 0 aliphatic heterocycles. The Balaban J connectivity index is 2.00. The molecule has 1 N–H and O–H groups in total. The number of nitrogens with one attached hydrogen (secondary N) is 1. The number of hydrogen-bond donors (Lipinski definition) is 1. The standard InChI is InChI=1S/C14H21N3/c1-4-14(2,3)15-9-10-17-13-8-6-5-7-12(13)11-16-17/h5-8,11,15H,4,9-10H2,1-3H3. The van der Waals surface area contributed by atoms with E-state index in [0.717, 1.165) is 19.5 Å². The molecule has 0 fully saturated rings. The summed E-state index contributed by atoms with van der Waals surface area (Å²) in [6.07, 6.45) is 3.06. The summed E-state index contributed by atoms with van der Waals surface area (Å²) in [7, 11) is 0. The van der Waals surface area contributed by atoms with E-state index in [4.69, 9.17) is 0 Å². The lowest BCUT2D eigenvalue weighted by atomic mass is 10.0. The van der Waals surface area contributed by atoms with Crippen molar-refractivity contribution in [3.05, 3.63) is 30.5 Å². The molecule has 2 aromatic rings. The van der Waals surface area contributed by atoms with E-state index in [1.807, 2.05) is 12.3 Å². The largest absolute Gasteiger partial charge is 0.310 e. The van der Waals surface area contributed by atoms with Crippen molar-refractivity contribution in [3.63, 3.8) is 0 Å². The topological polar surface area (TPSA) is 29.9 Å². The number of nitrogens with zero attached hydrogens (tertiary/aromatic N) is 2. The third kappa shape index (κ3) is 2.86. The lowest BCUT2D eigenvalue weighted by molar-refractivity contribution is 0.365. The number of para-hydroxylation sites is 1. The fourth-order valence-electron chi connectivity index (χ4n) is 1.83. The van der Waals surface area contributed by atoms with Gasteiger partial charge in [0.2, 0.25) is 0 Å². The van der Waals surface area contributed by atoms with Crippen LogP contribution >= 0.6 is 0 Å². The molecule has 0 radical (unpaired) electrons. The second-order valence-electron chi connectivity index (χ2n) is 5.09. The molecule has 0 aliphatic rings. The molecule has 0 atom stereocenters. The van der Waals surface area contributed by atoms with Crippen LogP contribution in [0.3, 0.4) is 0 Å². The van der Waals surface area contributed by atoms with Crippen molar-refractivity contribution < 1.29 is 0 Å². The summed E-state index contributed by atoms with van der Waals surface area (Å²) in [5.41, 5.74) is 1.42. The van der Waals surface area contributed by atoms with E-state index >= 15 is 0 Å². The minimum Gasteiger partial charge on any atom is -0.310 e. The Morgan fingerprint density at radius 2 is 2.06 bits per heavy atom. The van der Waals surface area contributed by atoms with E-state index in [2.05, 4.69) is 54.1 Å². The first-order chi connectivity index (χ1) is 8.12. The maximum absolute atomic E-state index is 4.42. The van der Waals surface area contributed by atoms with Crippen LogP contribution in [0.25, 0.3) is 10.9 Å². The molecule has 0 saturated carbocycles. The van der Waals surface area contributed by atoms with E-state index in [1.165, 1.54) is 10.9 Å².